The number of benzene rings is 2. The van der Waals surface area contributed by atoms with Crippen LogP contribution in [0, 0.1) is 0 Å². The summed E-state index contributed by atoms with van der Waals surface area (Å²) in [4.78, 5) is 38.6. The Bertz CT molecular complexity index is 1100. The van der Waals surface area contributed by atoms with Gasteiger partial charge in [-0.3, -0.25) is 0 Å². The number of rotatable bonds is 8. The molecule has 0 bridgehead atoms. The van der Waals surface area contributed by atoms with Crippen molar-refractivity contribution in [3.05, 3.63) is 84.4 Å². The summed E-state index contributed by atoms with van der Waals surface area (Å²) >= 11 is 0. The number of esters is 3. The Morgan fingerprint density at radius 1 is 0.973 bits per heavy atom. The molecule has 10 nitrogen and oxygen atoms in total. The quantitative estimate of drug-likeness (QED) is 0.297. The molecule has 2 aromatic rings. The fraction of sp³-hybridized carbons (Fsp3) is 0.370. The third kappa shape index (κ3) is 5.89. The number of ether oxygens (including phenoxy) is 7. The molecule has 2 aliphatic heterocycles. The summed E-state index contributed by atoms with van der Waals surface area (Å²) in [5.74, 6) is -3.98. The fourth-order valence-electron chi connectivity index (χ4n) is 4.07. The van der Waals surface area contributed by atoms with Gasteiger partial charge in [-0.1, -0.05) is 42.5 Å². The number of carbonyl (C=O) groups excluding carboxylic acids is 3. The van der Waals surface area contributed by atoms with Crippen molar-refractivity contribution in [2.45, 2.75) is 43.4 Å². The largest absolute Gasteiger partial charge is 0.465 e. The van der Waals surface area contributed by atoms with E-state index < -0.39 is 54.4 Å². The Labute approximate surface area is 214 Å². The van der Waals surface area contributed by atoms with Crippen LogP contribution in [0.2, 0.25) is 0 Å². The van der Waals surface area contributed by atoms with E-state index in [4.69, 9.17) is 33.2 Å². The molecule has 4 rings (SSSR count). The van der Waals surface area contributed by atoms with Gasteiger partial charge in [0.05, 0.1) is 31.5 Å². The number of fused-ring (bicyclic) bond motifs is 1. The van der Waals surface area contributed by atoms with Crippen LogP contribution in [0.4, 0.5) is 0 Å². The van der Waals surface area contributed by atoms with E-state index in [2.05, 4.69) is 6.58 Å². The highest BCUT2D eigenvalue weighted by atomic mass is 16.8. The maximum absolute atomic E-state index is 13.1. The molecule has 10 heteroatoms. The first kappa shape index (κ1) is 26.5. The summed E-state index contributed by atoms with van der Waals surface area (Å²) in [5.41, 5.74) is 0.539. The van der Waals surface area contributed by atoms with Crippen LogP contribution in [0.5, 0.6) is 0 Å². The molecule has 2 saturated heterocycles. The molecule has 0 N–H and O–H groups in total. The first-order chi connectivity index (χ1) is 17.9. The Hall–Kier alpha value is -3.57. The van der Waals surface area contributed by atoms with Crippen LogP contribution < -0.4 is 0 Å². The van der Waals surface area contributed by atoms with Gasteiger partial charge in [-0.15, -0.1) is 6.58 Å². The third-order valence-electron chi connectivity index (χ3n) is 5.91. The Balaban J connectivity index is 1.70. The fourth-order valence-corrected chi connectivity index (χ4v) is 4.07. The lowest BCUT2D eigenvalue weighted by Crippen LogP contribution is -2.68. The summed E-state index contributed by atoms with van der Waals surface area (Å²) in [6.45, 7) is 4.98. The van der Waals surface area contributed by atoms with Gasteiger partial charge in [-0.25, -0.2) is 14.4 Å². The van der Waals surface area contributed by atoms with Crippen LogP contribution >= 0.6 is 0 Å². The second-order valence-corrected chi connectivity index (χ2v) is 8.47. The summed E-state index contributed by atoms with van der Waals surface area (Å²) in [6, 6.07) is 16.6. The molecule has 196 valence electrons. The van der Waals surface area contributed by atoms with E-state index >= 15 is 0 Å². The predicted molar refractivity (Wildman–Crippen MR) is 127 cm³/mol. The highest BCUT2D eigenvalue weighted by Crippen LogP contribution is 2.37. The van der Waals surface area contributed by atoms with Gasteiger partial charge in [0.25, 0.3) is 5.79 Å². The molecule has 0 radical (unpaired) electrons. The topological polar surface area (TPSA) is 116 Å². The maximum Gasteiger partial charge on any atom is 0.366 e. The second kappa shape index (κ2) is 11.7. The molecule has 0 saturated carbocycles. The number of methoxy groups -OCH3 is 1. The maximum atomic E-state index is 13.1. The molecule has 2 heterocycles. The highest BCUT2D eigenvalue weighted by Gasteiger charge is 2.58. The predicted octanol–water partition coefficient (Wildman–Crippen LogP) is 2.67. The number of hydrogen-bond acceptors (Lipinski definition) is 10. The van der Waals surface area contributed by atoms with E-state index in [1.165, 1.54) is 20.1 Å². The van der Waals surface area contributed by atoms with Crippen molar-refractivity contribution in [1.82, 2.24) is 0 Å². The van der Waals surface area contributed by atoms with Crippen LogP contribution in [-0.2, 0) is 38.0 Å². The van der Waals surface area contributed by atoms with E-state index in [1.807, 2.05) is 0 Å². The molecule has 1 unspecified atom stereocenters. The van der Waals surface area contributed by atoms with E-state index in [9.17, 15) is 14.4 Å². The zero-order chi connectivity index (χ0) is 26.4. The molecular formula is C27H28O10. The lowest BCUT2D eigenvalue weighted by Gasteiger charge is -2.49. The second-order valence-electron chi connectivity index (χ2n) is 8.47. The average Bonchev–Trinajstić information content (AvgIpc) is 2.93. The lowest BCUT2D eigenvalue weighted by atomic mass is 9.96. The standard InChI is InChI=1S/C27H28O10/c1-4-15-32-25-22(36-24(29)18-13-9-6-10-14-18)21(35-23(28)17-11-7-5-8-12-17)20-19(34-25)16-33-27(2,37-20)26(30)31-3/h4-14,19-22,25H,1,15-16H2,2-3H3/t19-,20-,21+,22-,25+,27?/m1/s1. The Kier molecular flexibility index (Phi) is 8.34. The molecule has 0 spiro atoms. The van der Waals surface area contributed by atoms with E-state index in [-0.39, 0.29) is 24.3 Å². The van der Waals surface area contributed by atoms with E-state index in [0.717, 1.165) is 0 Å². The summed E-state index contributed by atoms with van der Waals surface area (Å²) in [7, 11) is 1.19. The molecule has 2 aromatic carbocycles. The van der Waals surface area contributed by atoms with Gasteiger partial charge < -0.3 is 33.2 Å². The van der Waals surface area contributed by atoms with Crippen molar-refractivity contribution in [3.8, 4) is 0 Å². The van der Waals surface area contributed by atoms with Crippen molar-refractivity contribution in [1.29, 1.82) is 0 Å². The van der Waals surface area contributed by atoms with Gasteiger partial charge in [0.15, 0.2) is 18.5 Å². The zero-order valence-corrected chi connectivity index (χ0v) is 20.4. The molecule has 2 aliphatic rings. The number of hydrogen-bond donors (Lipinski definition) is 0. The van der Waals surface area contributed by atoms with Crippen molar-refractivity contribution in [3.63, 3.8) is 0 Å². The van der Waals surface area contributed by atoms with Gasteiger partial charge in [0.2, 0.25) is 0 Å². The first-order valence-electron chi connectivity index (χ1n) is 11.7. The molecular weight excluding hydrogens is 484 g/mol. The Morgan fingerprint density at radius 2 is 1.54 bits per heavy atom. The monoisotopic (exact) mass is 512 g/mol. The minimum Gasteiger partial charge on any atom is -0.465 e. The summed E-state index contributed by atoms with van der Waals surface area (Å²) < 4.78 is 39.9. The highest BCUT2D eigenvalue weighted by molar-refractivity contribution is 5.90. The van der Waals surface area contributed by atoms with Crippen LogP contribution in [0.15, 0.2) is 73.3 Å². The molecule has 0 aromatic heterocycles. The molecule has 0 amide bonds. The molecule has 2 fully saturated rings. The van der Waals surface area contributed by atoms with Crippen LogP contribution in [-0.4, -0.2) is 74.7 Å². The third-order valence-corrected chi connectivity index (χ3v) is 5.91. The SMILES string of the molecule is C=CCO[C@H]1O[C@@H]2COC(C)(C(=O)OC)O[C@H]2[C@H](OC(=O)c2ccccc2)[C@H]1OC(=O)c1ccccc1. The summed E-state index contributed by atoms with van der Waals surface area (Å²) in [5, 5.41) is 0. The van der Waals surface area contributed by atoms with E-state index in [1.54, 1.807) is 60.7 Å². The van der Waals surface area contributed by atoms with Gasteiger partial charge in [-0.2, -0.15) is 0 Å². The van der Waals surface area contributed by atoms with Crippen LogP contribution in [0.3, 0.4) is 0 Å². The lowest BCUT2D eigenvalue weighted by molar-refractivity contribution is -0.376. The van der Waals surface area contributed by atoms with Crippen molar-refractivity contribution < 1.29 is 47.5 Å². The normalized spacial score (nSPS) is 28.9. The van der Waals surface area contributed by atoms with Gasteiger partial charge >= 0.3 is 17.9 Å². The van der Waals surface area contributed by atoms with Crippen LogP contribution in [0.1, 0.15) is 27.6 Å². The first-order valence-corrected chi connectivity index (χ1v) is 11.7. The van der Waals surface area contributed by atoms with Crippen LogP contribution in [0.25, 0.3) is 0 Å². The minimum absolute atomic E-state index is 0.0579. The summed E-state index contributed by atoms with van der Waals surface area (Å²) in [6.07, 6.45) is -4.05. The molecule has 0 aliphatic carbocycles. The minimum atomic E-state index is -1.81. The molecule has 6 atom stereocenters. The van der Waals surface area contributed by atoms with Crippen molar-refractivity contribution >= 4 is 17.9 Å². The average molecular weight is 513 g/mol. The number of carbonyl (C=O) groups is 3. The van der Waals surface area contributed by atoms with Crippen molar-refractivity contribution in [2.75, 3.05) is 20.3 Å². The smallest absolute Gasteiger partial charge is 0.366 e. The van der Waals surface area contributed by atoms with Crippen molar-refractivity contribution in [2.24, 2.45) is 0 Å². The molecule has 37 heavy (non-hydrogen) atoms. The van der Waals surface area contributed by atoms with Gasteiger partial charge in [0, 0.05) is 6.92 Å². The van der Waals surface area contributed by atoms with Gasteiger partial charge in [0.1, 0.15) is 12.2 Å². The van der Waals surface area contributed by atoms with E-state index in [0.29, 0.717) is 0 Å². The van der Waals surface area contributed by atoms with Gasteiger partial charge in [-0.05, 0) is 24.3 Å². The Morgan fingerprint density at radius 3 is 2.08 bits per heavy atom. The zero-order valence-electron chi connectivity index (χ0n) is 20.4.